The molecule has 0 spiro atoms. The Bertz CT molecular complexity index is 1490. The average molecular weight is 609 g/mol. The molecule has 0 radical (unpaired) electrons. The molecule has 2 N–H and O–H groups in total. The van der Waals surface area contributed by atoms with E-state index in [-0.39, 0.29) is 0 Å². The third-order valence-corrected chi connectivity index (χ3v) is 9.26. The van der Waals surface area contributed by atoms with Crippen LogP contribution in [0.25, 0.3) is 20.7 Å². The Morgan fingerprint density at radius 1 is 1.00 bits per heavy atom. The molecular formula is C32H35Cl2N5OS. The number of piperidine rings is 2. The number of ether oxygens (including phenoxy) is 1. The Balaban J connectivity index is 0.000000500. The minimum Gasteiger partial charge on any atom is -0.495 e. The molecule has 6 rings (SSSR count). The predicted molar refractivity (Wildman–Crippen MR) is 172 cm³/mol. The van der Waals surface area contributed by atoms with Crippen molar-refractivity contribution in [2.75, 3.05) is 38.6 Å². The van der Waals surface area contributed by atoms with Crippen molar-refractivity contribution in [1.29, 1.82) is 5.26 Å². The van der Waals surface area contributed by atoms with Crippen LogP contribution in [0.5, 0.6) is 5.75 Å². The molecule has 2 aliphatic rings. The minimum atomic E-state index is 0.422. The first kappa shape index (κ1) is 29.6. The largest absolute Gasteiger partial charge is 0.495 e. The van der Waals surface area contributed by atoms with Gasteiger partial charge in [-0.3, -0.25) is 9.88 Å². The summed E-state index contributed by atoms with van der Waals surface area (Å²) >= 11 is 14.2. The smallest absolute Gasteiger partial charge is 0.139 e. The fourth-order valence-electron chi connectivity index (χ4n) is 5.20. The fourth-order valence-corrected chi connectivity index (χ4v) is 6.83. The number of anilines is 2. The lowest BCUT2D eigenvalue weighted by molar-refractivity contribution is 0.221. The second-order valence-electron chi connectivity index (χ2n) is 10.4. The van der Waals surface area contributed by atoms with Gasteiger partial charge in [0.2, 0.25) is 0 Å². The number of nitrogens with one attached hydrogen (secondary N) is 2. The standard InChI is InChI=1S/C27H24Cl2N4OS.C5H11N/c1-34-24-12-22(20(28)11-21(24)29)32-26-19(14-30)15-31-23-13-25(35-27(23)26)18-7-5-17(6-8-18)16-33-9-3-2-4-10-33;1-2-4-6-5-3-1/h5-8,11-13,15H,2-4,9-10,16H2,1H3,(H,31,32);6H,1-5H2. The molecule has 0 unspecified atom stereocenters. The maximum atomic E-state index is 9.75. The van der Waals surface area contributed by atoms with Crippen LogP contribution in [0.15, 0.2) is 48.7 Å². The Morgan fingerprint density at radius 3 is 2.37 bits per heavy atom. The quantitative estimate of drug-likeness (QED) is 0.228. The second-order valence-corrected chi connectivity index (χ2v) is 12.3. The summed E-state index contributed by atoms with van der Waals surface area (Å²) in [5.41, 5.74) is 4.99. The van der Waals surface area contributed by atoms with Crippen LogP contribution in [0.1, 0.15) is 49.7 Å². The first-order valence-corrected chi connectivity index (χ1v) is 15.8. The van der Waals surface area contributed by atoms with Gasteiger partial charge in [0.15, 0.2) is 0 Å². The zero-order chi connectivity index (χ0) is 28.6. The van der Waals surface area contributed by atoms with Crippen molar-refractivity contribution in [1.82, 2.24) is 15.2 Å². The minimum absolute atomic E-state index is 0.422. The molecule has 0 bridgehead atoms. The zero-order valence-corrected chi connectivity index (χ0v) is 25.6. The van der Waals surface area contributed by atoms with Gasteiger partial charge < -0.3 is 15.4 Å². The van der Waals surface area contributed by atoms with Crippen molar-refractivity contribution < 1.29 is 4.74 Å². The molecule has 2 aromatic heterocycles. The van der Waals surface area contributed by atoms with Crippen LogP contribution in [0.2, 0.25) is 10.0 Å². The summed E-state index contributed by atoms with van der Waals surface area (Å²) in [5, 5.41) is 17.2. The molecule has 4 heterocycles. The van der Waals surface area contributed by atoms with Crippen LogP contribution < -0.4 is 15.4 Å². The van der Waals surface area contributed by atoms with Gasteiger partial charge in [-0.2, -0.15) is 5.26 Å². The van der Waals surface area contributed by atoms with Crippen molar-refractivity contribution >= 4 is 56.1 Å². The number of rotatable bonds is 6. The van der Waals surface area contributed by atoms with Crippen LogP contribution in [0.4, 0.5) is 11.4 Å². The lowest BCUT2D eigenvalue weighted by Crippen LogP contribution is -2.28. The van der Waals surface area contributed by atoms with Gasteiger partial charge in [-0.15, -0.1) is 11.3 Å². The molecule has 2 aromatic carbocycles. The molecule has 0 aliphatic carbocycles. The van der Waals surface area contributed by atoms with Crippen LogP contribution >= 0.6 is 34.5 Å². The number of likely N-dealkylation sites (tertiary alicyclic amines) is 1. The Labute approximate surface area is 256 Å². The first-order valence-electron chi connectivity index (χ1n) is 14.2. The van der Waals surface area contributed by atoms with E-state index in [2.05, 4.69) is 56.9 Å². The topological polar surface area (TPSA) is 73.2 Å². The number of pyridine rings is 1. The summed E-state index contributed by atoms with van der Waals surface area (Å²) < 4.78 is 6.22. The normalized spacial score (nSPS) is 15.6. The van der Waals surface area contributed by atoms with Gasteiger partial charge in [-0.25, -0.2) is 0 Å². The number of methoxy groups -OCH3 is 1. The molecule has 0 amide bonds. The van der Waals surface area contributed by atoms with Crippen molar-refractivity contribution in [3.63, 3.8) is 0 Å². The van der Waals surface area contributed by atoms with E-state index in [0.29, 0.717) is 32.7 Å². The summed E-state index contributed by atoms with van der Waals surface area (Å²) in [6.45, 7) is 5.87. The number of nitrogens with zero attached hydrogens (tertiary/aromatic N) is 3. The van der Waals surface area contributed by atoms with E-state index in [1.54, 1.807) is 36.8 Å². The lowest BCUT2D eigenvalue weighted by atomic mass is 10.1. The number of fused-ring (bicyclic) bond motifs is 1. The van der Waals surface area contributed by atoms with E-state index in [4.69, 9.17) is 27.9 Å². The van der Waals surface area contributed by atoms with Crippen LogP contribution in [-0.4, -0.2) is 43.2 Å². The highest BCUT2D eigenvalue weighted by Crippen LogP contribution is 2.42. The summed E-state index contributed by atoms with van der Waals surface area (Å²) in [6, 6.07) is 16.4. The Kier molecular flexibility index (Phi) is 10.4. The van der Waals surface area contributed by atoms with Gasteiger partial charge in [0.05, 0.1) is 44.3 Å². The predicted octanol–water partition coefficient (Wildman–Crippen LogP) is 8.64. The van der Waals surface area contributed by atoms with Crippen molar-refractivity contribution in [3.8, 4) is 22.3 Å². The maximum absolute atomic E-state index is 9.75. The van der Waals surface area contributed by atoms with Gasteiger partial charge in [-0.1, -0.05) is 60.3 Å². The third-order valence-electron chi connectivity index (χ3n) is 7.46. The van der Waals surface area contributed by atoms with Gasteiger partial charge in [-0.05, 0) is 75.1 Å². The lowest BCUT2D eigenvalue weighted by Gasteiger charge is -2.26. The van der Waals surface area contributed by atoms with E-state index in [9.17, 15) is 5.26 Å². The molecule has 0 atom stereocenters. The monoisotopic (exact) mass is 607 g/mol. The maximum Gasteiger partial charge on any atom is 0.139 e. The van der Waals surface area contributed by atoms with Crippen molar-refractivity contribution in [3.05, 3.63) is 69.8 Å². The van der Waals surface area contributed by atoms with Crippen molar-refractivity contribution in [2.45, 2.75) is 45.1 Å². The number of nitriles is 1. The van der Waals surface area contributed by atoms with Crippen LogP contribution in [-0.2, 0) is 6.54 Å². The van der Waals surface area contributed by atoms with Gasteiger partial charge in [0.25, 0.3) is 0 Å². The van der Waals surface area contributed by atoms with Gasteiger partial charge in [0.1, 0.15) is 11.8 Å². The number of thiophene rings is 1. The van der Waals surface area contributed by atoms with E-state index >= 15 is 0 Å². The molecule has 2 fully saturated rings. The molecule has 6 nitrogen and oxygen atoms in total. The molecule has 9 heteroatoms. The highest BCUT2D eigenvalue weighted by molar-refractivity contribution is 7.22. The van der Waals surface area contributed by atoms with Crippen LogP contribution in [0, 0.1) is 11.3 Å². The molecule has 2 aliphatic heterocycles. The molecule has 4 aromatic rings. The summed E-state index contributed by atoms with van der Waals surface area (Å²) in [7, 11) is 1.55. The van der Waals surface area contributed by atoms with Crippen molar-refractivity contribution in [2.24, 2.45) is 0 Å². The zero-order valence-electron chi connectivity index (χ0n) is 23.3. The summed E-state index contributed by atoms with van der Waals surface area (Å²) in [5.74, 6) is 0.499. The molecular weight excluding hydrogens is 573 g/mol. The summed E-state index contributed by atoms with van der Waals surface area (Å²) in [6.07, 6.45) is 9.73. The van der Waals surface area contributed by atoms with E-state index < -0.39 is 0 Å². The average Bonchev–Trinajstić information content (AvgIpc) is 3.45. The van der Waals surface area contributed by atoms with E-state index in [1.807, 2.05) is 0 Å². The SMILES string of the molecule is C1CCNCC1.COc1cc(Nc2c(C#N)cnc3cc(-c4ccc(CN5CCCCC5)cc4)sc23)c(Cl)cc1Cl. The molecule has 214 valence electrons. The number of aromatic nitrogens is 1. The number of hydrogen-bond acceptors (Lipinski definition) is 7. The van der Waals surface area contributed by atoms with E-state index in [1.165, 1.54) is 70.3 Å². The third kappa shape index (κ3) is 7.51. The van der Waals surface area contributed by atoms with E-state index in [0.717, 1.165) is 27.2 Å². The fraction of sp³-hybridized carbons (Fsp3) is 0.375. The van der Waals surface area contributed by atoms with Gasteiger partial charge in [0, 0.05) is 23.7 Å². The van der Waals surface area contributed by atoms with Crippen LogP contribution in [0.3, 0.4) is 0 Å². The Hall–Kier alpha value is -2.86. The highest BCUT2D eigenvalue weighted by Gasteiger charge is 2.17. The molecule has 2 saturated heterocycles. The second kappa shape index (κ2) is 14.4. The molecule has 0 saturated carbocycles. The molecule has 41 heavy (non-hydrogen) atoms. The number of halogens is 2. The number of hydrogen-bond donors (Lipinski definition) is 2. The Morgan fingerprint density at radius 2 is 1.73 bits per heavy atom. The summed E-state index contributed by atoms with van der Waals surface area (Å²) in [4.78, 5) is 8.15. The first-order chi connectivity index (χ1) is 20.1. The highest BCUT2D eigenvalue weighted by atomic mass is 35.5. The number of benzene rings is 2. The van der Waals surface area contributed by atoms with Gasteiger partial charge >= 0.3 is 0 Å².